The zero-order valence-electron chi connectivity index (χ0n) is 10.2. The summed E-state index contributed by atoms with van der Waals surface area (Å²) in [5.41, 5.74) is 0.526. The number of nitrogens with zero attached hydrogens (tertiary/aromatic N) is 1. The van der Waals surface area contributed by atoms with Crippen LogP contribution in [0.4, 0.5) is 0 Å². The van der Waals surface area contributed by atoms with Crippen LogP contribution in [0.5, 0.6) is 0 Å². The van der Waals surface area contributed by atoms with E-state index >= 15 is 0 Å². The fourth-order valence-electron chi connectivity index (χ4n) is 1.52. The van der Waals surface area contributed by atoms with E-state index in [1.807, 2.05) is 0 Å². The molecule has 5 heteroatoms. The van der Waals surface area contributed by atoms with Gasteiger partial charge >= 0.3 is 0 Å². The summed E-state index contributed by atoms with van der Waals surface area (Å²) in [6.45, 7) is 2.19. The van der Waals surface area contributed by atoms with Gasteiger partial charge in [0.15, 0.2) is 0 Å². The Morgan fingerprint density at radius 2 is 2.33 bits per heavy atom. The molecule has 0 saturated heterocycles. The minimum Gasteiger partial charge on any atom is -0.381 e. The predicted molar refractivity (Wildman–Crippen MR) is 69.7 cm³/mol. The van der Waals surface area contributed by atoms with Crippen molar-refractivity contribution in [3.05, 3.63) is 29.0 Å². The van der Waals surface area contributed by atoms with E-state index in [4.69, 9.17) is 16.3 Å². The molecule has 1 amide bonds. The monoisotopic (exact) mass is 268 g/mol. The molecule has 1 aromatic rings. The van der Waals surface area contributed by atoms with Crippen LogP contribution in [-0.2, 0) is 4.74 Å². The maximum Gasteiger partial charge on any atom is 0.252 e. The van der Waals surface area contributed by atoms with Crippen LogP contribution in [0.25, 0.3) is 0 Å². The van der Waals surface area contributed by atoms with Gasteiger partial charge in [0.2, 0.25) is 0 Å². The molecule has 1 fully saturated rings. The maximum absolute atomic E-state index is 11.7. The average Bonchev–Trinajstić information content (AvgIpc) is 3.18. The number of hydrogen-bond donors (Lipinski definition) is 1. The second-order valence-corrected chi connectivity index (χ2v) is 4.88. The fourth-order valence-corrected chi connectivity index (χ4v) is 1.63. The lowest BCUT2D eigenvalue weighted by molar-refractivity contribution is 0.0937. The zero-order chi connectivity index (χ0) is 12.8. The van der Waals surface area contributed by atoms with Crippen molar-refractivity contribution in [1.29, 1.82) is 0 Å². The van der Waals surface area contributed by atoms with Gasteiger partial charge in [0.05, 0.1) is 5.56 Å². The number of hydrogen-bond acceptors (Lipinski definition) is 3. The average molecular weight is 269 g/mol. The van der Waals surface area contributed by atoms with Gasteiger partial charge in [-0.1, -0.05) is 11.6 Å². The highest BCUT2D eigenvalue weighted by Gasteiger charge is 2.20. The Labute approximate surface area is 112 Å². The number of nitrogens with one attached hydrogen (secondary N) is 1. The molecule has 2 rings (SSSR count). The van der Waals surface area contributed by atoms with Crippen LogP contribution < -0.4 is 5.32 Å². The Balaban J connectivity index is 1.57. The van der Waals surface area contributed by atoms with Crippen LogP contribution in [-0.4, -0.2) is 30.6 Å². The highest BCUT2D eigenvalue weighted by Crippen LogP contribution is 2.28. The minimum absolute atomic E-state index is 0.124. The van der Waals surface area contributed by atoms with Gasteiger partial charge in [0, 0.05) is 26.0 Å². The standard InChI is InChI=1S/C13H17ClN2O2/c14-12-5-4-11(8-16-12)13(17)15-6-1-7-18-9-10-2-3-10/h4-5,8,10H,1-3,6-7,9H2,(H,15,17). The molecule has 0 atom stereocenters. The molecule has 0 radical (unpaired) electrons. The molecule has 1 heterocycles. The SMILES string of the molecule is O=C(NCCCOCC1CC1)c1ccc(Cl)nc1. The summed E-state index contributed by atoms with van der Waals surface area (Å²) in [4.78, 5) is 15.5. The molecule has 1 aromatic heterocycles. The Kier molecular flexibility index (Phi) is 4.96. The summed E-state index contributed by atoms with van der Waals surface area (Å²) < 4.78 is 5.48. The van der Waals surface area contributed by atoms with Crippen molar-refractivity contribution in [3.8, 4) is 0 Å². The van der Waals surface area contributed by atoms with Crippen molar-refractivity contribution in [1.82, 2.24) is 10.3 Å². The van der Waals surface area contributed by atoms with Crippen LogP contribution in [0.2, 0.25) is 5.15 Å². The maximum atomic E-state index is 11.7. The number of aromatic nitrogens is 1. The van der Waals surface area contributed by atoms with Crippen LogP contribution in [0.15, 0.2) is 18.3 Å². The number of halogens is 1. The fraction of sp³-hybridized carbons (Fsp3) is 0.538. The molecule has 98 valence electrons. The summed E-state index contributed by atoms with van der Waals surface area (Å²) in [6.07, 6.45) is 4.92. The van der Waals surface area contributed by atoms with Crippen molar-refractivity contribution in [2.45, 2.75) is 19.3 Å². The van der Waals surface area contributed by atoms with Crippen molar-refractivity contribution >= 4 is 17.5 Å². The smallest absolute Gasteiger partial charge is 0.252 e. The Bertz CT molecular complexity index is 390. The van der Waals surface area contributed by atoms with Crippen LogP contribution in [0.1, 0.15) is 29.6 Å². The largest absolute Gasteiger partial charge is 0.381 e. The van der Waals surface area contributed by atoms with Crippen molar-refractivity contribution in [2.24, 2.45) is 5.92 Å². The summed E-state index contributed by atoms with van der Waals surface area (Å²) in [5, 5.41) is 3.21. The second kappa shape index (κ2) is 6.71. The molecule has 0 aliphatic heterocycles. The third kappa shape index (κ3) is 4.63. The molecular weight excluding hydrogens is 252 g/mol. The quantitative estimate of drug-likeness (QED) is 0.610. The van der Waals surface area contributed by atoms with E-state index in [0.717, 1.165) is 18.9 Å². The highest BCUT2D eigenvalue weighted by atomic mass is 35.5. The van der Waals surface area contributed by atoms with E-state index in [1.54, 1.807) is 12.1 Å². The molecule has 0 unspecified atom stereocenters. The number of ether oxygens (including phenoxy) is 1. The third-order valence-electron chi connectivity index (χ3n) is 2.79. The molecule has 1 N–H and O–H groups in total. The lowest BCUT2D eigenvalue weighted by Gasteiger charge is -2.05. The summed E-state index contributed by atoms with van der Waals surface area (Å²) in [7, 11) is 0. The second-order valence-electron chi connectivity index (χ2n) is 4.50. The van der Waals surface area contributed by atoms with E-state index in [9.17, 15) is 4.79 Å². The Morgan fingerprint density at radius 3 is 3.00 bits per heavy atom. The number of amides is 1. The molecule has 1 saturated carbocycles. The third-order valence-corrected chi connectivity index (χ3v) is 3.01. The number of carbonyl (C=O) groups excluding carboxylic acids is 1. The summed E-state index contributed by atoms with van der Waals surface area (Å²) >= 11 is 5.65. The van der Waals surface area contributed by atoms with Crippen molar-refractivity contribution < 1.29 is 9.53 Å². The van der Waals surface area contributed by atoms with Gasteiger partial charge in [-0.15, -0.1) is 0 Å². The summed E-state index contributed by atoms with van der Waals surface area (Å²) in [5.74, 6) is 0.668. The zero-order valence-corrected chi connectivity index (χ0v) is 10.9. The predicted octanol–water partition coefficient (Wildman–Crippen LogP) is 2.28. The number of pyridine rings is 1. The first kappa shape index (κ1) is 13.3. The van der Waals surface area contributed by atoms with Crippen LogP contribution >= 0.6 is 11.6 Å². The summed E-state index contributed by atoms with van der Waals surface area (Å²) in [6, 6.07) is 3.27. The van der Waals surface area contributed by atoms with Gasteiger partial charge in [-0.2, -0.15) is 0 Å². The lowest BCUT2D eigenvalue weighted by atomic mass is 10.2. The van der Waals surface area contributed by atoms with Crippen molar-refractivity contribution in [2.75, 3.05) is 19.8 Å². The first-order valence-corrected chi connectivity index (χ1v) is 6.61. The van der Waals surface area contributed by atoms with Gasteiger partial charge in [-0.3, -0.25) is 4.79 Å². The van der Waals surface area contributed by atoms with E-state index < -0.39 is 0 Å². The van der Waals surface area contributed by atoms with E-state index in [1.165, 1.54) is 19.0 Å². The normalized spacial score (nSPS) is 14.5. The molecular formula is C13H17ClN2O2. The molecule has 1 aliphatic rings. The molecule has 1 aliphatic carbocycles. The first-order chi connectivity index (χ1) is 8.75. The molecule has 0 bridgehead atoms. The minimum atomic E-state index is -0.124. The van der Waals surface area contributed by atoms with E-state index in [0.29, 0.717) is 23.9 Å². The van der Waals surface area contributed by atoms with Gasteiger partial charge < -0.3 is 10.1 Å². The molecule has 0 aromatic carbocycles. The number of carbonyl (C=O) groups is 1. The first-order valence-electron chi connectivity index (χ1n) is 6.23. The van der Waals surface area contributed by atoms with Gasteiger partial charge in [0.25, 0.3) is 5.91 Å². The van der Waals surface area contributed by atoms with Gasteiger partial charge in [-0.05, 0) is 37.3 Å². The molecule has 4 nitrogen and oxygen atoms in total. The molecule has 18 heavy (non-hydrogen) atoms. The number of rotatable bonds is 7. The molecule has 0 spiro atoms. The van der Waals surface area contributed by atoms with Crippen LogP contribution in [0.3, 0.4) is 0 Å². The topological polar surface area (TPSA) is 51.2 Å². The Morgan fingerprint density at radius 1 is 1.50 bits per heavy atom. The van der Waals surface area contributed by atoms with E-state index in [2.05, 4.69) is 10.3 Å². The van der Waals surface area contributed by atoms with Gasteiger partial charge in [-0.25, -0.2) is 4.98 Å². The van der Waals surface area contributed by atoms with Crippen molar-refractivity contribution in [3.63, 3.8) is 0 Å². The van der Waals surface area contributed by atoms with Crippen LogP contribution in [0, 0.1) is 5.92 Å². The lowest BCUT2D eigenvalue weighted by Crippen LogP contribution is -2.25. The Hall–Kier alpha value is -1.13. The van der Waals surface area contributed by atoms with E-state index in [-0.39, 0.29) is 5.91 Å². The van der Waals surface area contributed by atoms with Gasteiger partial charge in [0.1, 0.15) is 5.15 Å². The highest BCUT2D eigenvalue weighted by molar-refractivity contribution is 6.29.